The molecule has 92 valence electrons. The molecule has 0 radical (unpaired) electrons. The lowest BCUT2D eigenvalue weighted by Crippen LogP contribution is -2.34. The van der Waals surface area contributed by atoms with Gasteiger partial charge in [-0.25, -0.2) is 0 Å². The Labute approximate surface area is 107 Å². The Morgan fingerprint density at radius 3 is 2.76 bits per heavy atom. The number of alkyl halides is 1. The highest BCUT2D eigenvalue weighted by molar-refractivity contribution is 9.09. The molecular weight excluding hydrogens is 288 g/mol. The number of amides is 1. The van der Waals surface area contributed by atoms with Crippen molar-refractivity contribution in [3.8, 4) is 0 Å². The number of nitrogens with one attached hydrogen (secondary N) is 1. The molecule has 0 aromatic heterocycles. The van der Waals surface area contributed by atoms with Crippen LogP contribution in [0.5, 0.6) is 0 Å². The van der Waals surface area contributed by atoms with Crippen LogP contribution in [0, 0.1) is 17.0 Å². The lowest BCUT2D eigenvalue weighted by molar-refractivity contribution is -0.385. The number of nitrogens with zero attached hydrogens (tertiary/aromatic N) is 1. The van der Waals surface area contributed by atoms with Crippen LogP contribution < -0.4 is 5.32 Å². The van der Waals surface area contributed by atoms with Gasteiger partial charge in [0.15, 0.2) is 0 Å². The van der Waals surface area contributed by atoms with Gasteiger partial charge in [0.2, 0.25) is 0 Å². The third kappa shape index (κ3) is 3.52. The van der Waals surface area contributed by atoms with Gasteiger partial charge in [0.25, 0.3) is 11.6 Å². The van der Waals surface area contributed by atoms with Crippen molar-refractivity contribution in [3.05, 3.63) is 39.4 Å². The van der Waals surface area contributed by atoms with E-state index in [0.29, 0.717) is 5.33 Å². The van der Waals surface area contributed by atoms with Crippen LogP contribution in [0.4, 0.5) is 5.69 Å². The molecular formula is C11H13BrN2O3. The van der Waals surface area contributed by atoms with Crippen LogP contribution in [0.25, 0.3) is 0 Å². The molecule has 0 fully saturated rings. The number of benzene rings is 1. The topological polar surface area (TPSA) is 72.2 Å². The summed E-state index contributed by atoms with van der Waals surface area (Å²) in [5.41, 5.74) is 0.741. The van der Waals surface area contributed by atoms with E-state index in [1.807, 2.05) is 6.92 Å². The standard InChI is InChI=1S/C11H13BrN2O3/c1-7-3-4-10(14(16)17)9(5-7)11(15)13-8(2)6-12/h3-5,8H,6H2,1-2H3,(H,13,15). The number of hydrogen-bond acceptors (Lipinski definition) is 3. The van der Waals surface area contributed by atoms with Crippen LogP contribution in [-0.4, -0.2) is 22.2 Å². The molecule has 1 atom stereocenters. The fourth-order valence-electron chi connectivity index (χ4n) is 1.33. The second-order valence-electron chi connectivity index (χ2n) is 3.81. The van der Waals surface area contributed by atoms with Gasteiger partial charge in [-0.05, 0) is 25.5 Å². The molecule has 0 aliphatic carbocycles. The number of halogens is 1. The third-order valence-corrected chi connectivity index (χ3v) is 3.17. The number of aryl methyl sites for hydroxylation is 1. The molecule has 1 amide bonds. The summed E-state index contributed by atoms with van der Waals surface area (Å²) in [6.07, 6.45) is 0. The summed E-state index contributed by atoms with van der Waals surface area (Å²) < 4.78 is 0. The second-order valence-corrected chi connectivity index (χ2v) is 4.45. The summed E-state index contributed by atoms with van der Waals surface area (Å²) in [7, 11) is 0. The van der Waals surface area contributed by atoms with Crippen LogP contribution >= 0.6 is 15.9 Å². The average molecular weight is 301 g/mol. The Morgan fingerprint density at radius 1 is 1.59 bits per heavy atom. The molecule has 1 aromatic carbocycles. The first-order valence-corrected chi connectivity index (χ1v) is 6.19. The minimum Gasteiger partial charge on any atom is -0.349 e. The molecule has 1 unspecified atom stereocenters. The van der Waals surface area contributed by atoms with Crippen LogP contribution in [-0.2, 0) is 0 Å². The summed E-state index contributed by atoms with van der Waals surface area (Å²) in [6.45, 7) is 3.60. The number of nitro groups is 1. The van der Waals surface area contributed by atoms with Crippen molar-refractivity contribution in [1.82, 2.24) is 5.32 Å². The van der Waals surface area contributed by atoms with Gasteiger partial charge >= 0.3 is 0 Å². The van der Waals surface area contributed by atoms with E-state index in [1.165, 1.54) is 12.1 Å². The van der Waals surface area contributed by atoms with Crippen LogP contribution in [0.2, 0.25) is 0 Å². The molecule has 6 heteroatoms. The van der Waals surface area contributed by atoms with E-state index >= 15 is 0 Å². The molecule has 0 aliphatic rings. The highest BCUT2D eigenvalue weighted by Gasteiger charge is 2.20. The molecule has 0 aliphatic heterocycles. The van der Waals surface area contributed by atoms with Crippen molar-refractivity contribution in [1.29, 1.82) is 0 Å². The zero-order valence-electron chi connectivity index (χ0n) is 9.57. The number of carbonyl (C=O) groups is 1. The summed E-state index contributed by atoms with van der Waals surface area (Å²) >= 11 is 3.23. The van der Waals surface area contributed by atoms with Gasteiger partial charge in [0.1, 0.15) is 5.56 Å². The van der Waals surface area contributed by atoms with Gasteiger partial charge in [-0.15, -0.1) is 0 Å². The number of rotatable bonds is 4. The molecule has 0 saturated carbocycles. The molecule has 0 saturated heterocycles. The first kappa shape index (κ1) is 13.6. The lowest BCUT2D eigenvalue weighted by atomic mass is 10.1. The van der Waals surface area contributed by atoms with Crippen molar-refractivity contribution >= 4 is 27.5 Å². The smallest absolute Gasteiger partial charge is 0.282 e. The predicted octanol–water partition coefficient (Wildman–Crippen LogP) is 2.42. The van der Waals surface area contributed by atoms with E-state index in [1.54, 1.807) is 13.0 Å². The lowest BCUT2D eigenvalue weighted by Gasteiger charge is -2.11. The van der Waals surface area contributed by atoms with Gasteiger partial charge in [-0.2, -0.15) is 0 Å². The van der Waals surface area contributed by atoms with E-state index in [4.69, 9.17) is 0 Å². The Balaban J connectivity index is 3.06. The Bertz CT molecular complexity index is 448. The summed E-state index contributed by atoms with van der Waals surface area (Å²) in [4.78, 5) is 22.1. The summed E-state index contributed by atoms with van der Waals surface area (Å²) in [5, 5.41) is 14.1. The van der Waals surface area contributed by atoms with E-state index in [0.717, 1.165) is 5.56 Å². The maximum absolute atomic E-state index is 11.9. The van der Waals surface area contributed by atoms with Crippen molar-refractivity contribution in [2.45, 2.75) is 19.9 Å². The van der Waals surface area contributed by atoms with Gasteiger partial charge in [-0.1, -0.05) is 22.0 Å². The highest BCUT2D eigenvalue weighted by atomic mass is 79.9. The third-order valence-electron chi connectivity index (χ3n) is 2.20. The number of hydrogen-bond donors (Lipinski definition) is 1. The highest BCUT2D eigenvalue weighted by Crippen LogP contribution is 2.19. The van der Waals surface area contributed by atoms with Crippen molar-refractivity contribution in [2.75, 3.05) is 5.33 Å². The molecule has 0 spiro atoms. The fourth-order valence-corrected chi connectivity index (χ4v) is 1.49. The summed E-state index contributed by atoms with van der Waals surface area (Å²) in [5.74, 6) is -0.424. The maximum Gasteiger partial charge on any atom is 0.282 e. The molecule has 17 heavy (non-hydrogen) atoms. The van der Waals surface area contributed by atoms with Crippen LogP contribution in [0.15, 0.2) is 18.2 Å². The van der Waals surface area contributed by atoms with Crippen molar-refractivity contribution in [2.24, 2.45) is 0 Å². The van der Waals surface area contributed by atoms with Gasteiger partial charge in [0, 0.05) is 17.4 Å². The largest absolute Gasteiger partial charge is 0.349 e. The molecule has 0 heterocycles. The first-order chi connectivity index (χ1) is 7.95. The van der Waals surface area contributed by atoms with Gasteiger partial charge in [-0.3, -0.25) is 14.9 Å². The second kappa shape index (κ2) is 5.77. The fraction of sp³-hybridized carbons (Fsp3) is 0.364. The monoisotopic (exact) mass is 300 g/mol. The minimum atomic E-state index is -0.548. The van der Waals surface area contributed by atoms with E-state index in [2.05, 4.69) is 21.2 Å². The van der Waals surface area contributed by atoms with E-state index in [9.17, 15) is 14.9 Å². The van der Waals surface area contributed by atoms with Gasteiger partial charge in [0.05, 0.1) is 4.92 Å². The molecule has 0 bridgehead atoms. The number of carbonyl (C=O) groups excluding carboxylic acids is 1. The molecule has 5 nitrogen and oxygen atoms in total. The minimum absolute atomic E-state index is 0.0809. The van der Waals surface area contributed by atoms with Crippen LogP contribution in [0.3, 0.4) is 0 Å². The van der Waals surface area contributed by atoms with E-state index < -0.39 is 10.8 Å². The maximum atomic E-state index is 11.9. The predicted molar refractivity (Wildman–Crippen MR) is 68.6 cm³/mol. The average Bonchev–Trinajstić information content (AvgIpc) is 2.28. The Hall–Kier alpha value is -1.43. The normalized spacial score (nSPS) is 11.9. The number of nitro benzene ring substituents is 1. The molecule has 1 rings (SSSR count). The SMILES string of the molecule is Cc1ccc([N+](=O)[O-])c(C(=O)NC(C)CBr)c1. The zero-order valence-corrected chi connectivity index (χ0v) is 11.2. The summed E-state index contributed by atoms with van der Waals surface area (Å²) in [6, 6.07) is 4.41. The molecule has 1 N–H and O–H groups in total. The van der Waals surface area contributed by atoms with Crippen LogP contribution in [0.1, 0.15) is 22.8 Å². The first-order valence-electron chi connectivity index (χ1n) is 5.07. The van der Waals surface area contributed by atoms with Gasteiger partial charge < -0.3 is 5.32 Å². The van der Waals surface area contributed by atoms with Crippen molar-refractivity contribution in [3.63, 3.8) is 0 Å². The van der Waals surface area contributed by atoms with E-state index in [-0.39, 0.29) is 17.3 Å². The quantitative estimate of drug-likeness (QED) is 0.527. The zero-order chi connectivity index (χ0) is 13.0. The van der Waals surface area contributed by atoms with Crippen molar-refractivity contribution < 1.29 is 9.72 Å². The Morgan fingerprint density at radius 2 is 2.24 bits per heavy atom. The molecule has 1 aromatic rings. The Kier molecular flexibility index (Phi) is 4.62.